The summed E-state index contributed by atoms with van der Waals surface area (Å²) in [6.07, 6.45) is 5.86. The summed E-state index contributed by atoms with van der Waals surface area (Å²) in [5.41, 5.74) is -0.0635. The van der Waals surface area contributed by atoms with Crippen LogP contribution in [0.15, 0.2) is 12.4 Å². The standard InChI is InChI=1S/C14H22N2O2/c1-10-9-13(2,3)5-6-14(10,17)11-12(18-4)16-8-7-15-11/h7-8,10,17H,5-6,9H2,1-4H3. The van der Waals surface area contributed by atoms with Crippen molar-refractivity contribution in [2.75, 3.05) is 7.11 Å². The molecule has 18 heavy (non-hydrogen) atoms. The smallest absolute Gasteiger partial charge is 0.238 e. The highest BCUT2D eigenvalue weighted by atomic mass is 16.5. The van der Waals surface area contributed by atoms with Crippen LogP contribution in [0.3, 0.4) is 0 Å². The molecule has 0 radical (unpaired) electrons. The van der Waals surface area contributed by atoms with Gasteiger partial charge in [-0.15, -0.1) is 0 Å². The molecule has 1 aliphatic rings. The Morgan fingerprint density at radius 1 is 1.28 bits per heavy atom. The average Bonchev–Trinajstić information content (AvgIpc) is 2.34. The molecule has 100 valence electrons. The summed E-state index contributed by atoms with van der Waals surface area (Å²) < 4.78 is 5.23. The minimum atomic E-state index is -0.922. The number of hydrogen-bond acceptors (Lipinski definition) is 4. The molecule has 0 spiro atoms. The summed E-state index contributed by atoms with van der Waals surface area (Å²) in [7, 11) is 1.56. The van der Waals surface area contributed by atoms with E-state index in [0.29, 0.717) is 18.0 Å². The van der Waals surface area contributed by atoms with Crippen molar-refractivity contribution in [3.05, 3.63) is 18.1 Å². The van der Waals surface area contributed by atoms with Crippen molar-refractivity contribution in [2.24, 2.45) is 11.3 Å². The van der Waals surface area contributed by atoms with Gasteiger partial charge in [-0.3, -0.25) is 4.98 Å². The van der Waals surface area contributed by atoms with Gasteiger partial charge < -0.3 is 9.84 Å². The van der Waals surface area contributed by atoms with Crippen LogP contribution < -0.4 is 4.74 Å². The Kier molecular flexibility index (Phi) is 3.32. The molecule has 1 N–H and O–H groups in total. The van der Waals surface area contributed by atoms with Crippen LogP contribution in [0.5, 0.6) is 5.88 Å². The van der Waals surface area contributed by atoms with E-state index in [0.717, 1.165) is 12.8 Å². The van der Waals surface area contributed by atoms with Gasteiger partial charge in [0.2, 0.25) is 5.88 Å². The Bertz CT molecular complexity index is 434. The molecule has 1 heterocycles. The van der Waals surface area contributed by atoms with Gasteiger partial charge in [0.25, 0.3) is 0 Å². The molecule has 0 amide bonds. The SMILES string of the molecule is COc1nccnc1C1(O)CCC(C)(C)CC1C. The van der Waals surface area contributed by atoms with Crippen molar-refractivity contribution < 1.29 is 9.84 Å². The maximum Gasteiger partial charge on any atom is 0.238 e. The van der Waals surface area contributed by atoms with Crippen molar-refractivity contribution in [2.45, 2.75) is 45.6 Å². The number of aliphatic hydroxyl groups is 1. The first-order valence-electron chi connectivity index (χ1n) is 6.47. The molecule has 2 unspecified atom stereocenters. The van der Waals surface area contributed by atoms with E-state index >= 15 is 0 Å². The molecule has 1 aromatic heterocycles. The average molecular weight is 250 g/mol. The molecular weight excluding hydrogens is 228 g/mol. The second-order valence-electron chi connectivity index (χ2n) is 6.11. The minimum absolute atomic E-state index is 0.145. The molecule has 4 heteroatoms. The van der Waals surface area contributed by atoms with Gasteiger partial charge in [-0.2, -0.15) is 0 Å². The first kappa shape index (κ1) is 13.3. The van der Waals surface area contributed by atoms with Gasteiger partial charge in [-0.1, -0.05) is 20.8 Å². The molecule has 4 nitrogen and oxygen atoms in total. The number of methoxy groups -OCH3 is 1. The maximum atomic E-state index is 11.0. The predicted molar refractivity (Wildman–Crippen MR) is 69.3 cm³/mol. The van der Waals surface area contributed by atoms with Gasteiger partial charge in [-0.05, 0) is 30.6 Å². The molecule has 0 aromatic carbocycles. The summed E-state index contributed by atoms with van der Waals surface area (Å²) in [6.45, 7) is 6.57. The Morgan fingerprint density at radius 3 is 2.56 bits per heavy atom. The molecule has 2 rings (SSSR count). The number of rotatable bonds is 2. The van der Waals surface area contributed by atoms with E-state index in [1.54, 1.807) is 19.5 Å². The fourth-order valence-electron chi connectivity index (χ4n) is 3.00. The van der Waals surface area contributed by atoms with Crippen LogP contribution in [-0.2, 0) is 5.60 Å². The summed E-state index contributed by atoms with van der Waals surface area (Å²) in [4.78, 5) is 8.45. The van der Waals surface area contributed by atoms with Crippen LogP contribution >= 0.6 is 0 Å². The van der Waals surface area contributed by atoms with E-state index in [1.165, 1.54) is 0 Å². The molecule has 0 saturated heterocycles. The van der Waals surface area contributed by atoms with E-state index in [2.05, 4.69) is 30.7 Å². The number of ether oxygens (including phenoxy) is 1. The van der Waals surface area contributed by atoms with Crippen molar-refractivity contribution in [1.29, 1.82) is 0 Å². The third-order valence-electron chi connectivity index (χ3n) is 4.13. The zero-order valence-corrected chi connectivity index (χ0v) is 11.6. The lowest BCUT2D eigenvalue weighted by molar-refractivity contribution is -0.0817. The third kappa shape index (κ3) is 2.21. The Balaban J connectivity index is 2.37. The largest absolute Gasteiger partial charge is 0.480 e. The second-order valence-corrected chi connectivity index (χ2v) is 6.11. The van der Waals surface area contributed by atoms with Crippen molar-refractivity contribution >= 4 is 0 Å². The Hall–Kier alpha value is -1.16. The highest BCUT2D eigenvalue weighted by Gasteiger charge is 2.46. The highest BCUT2D eigenvalue weighted by molar-refractivity contribution is 5.26. The first-order valence-corrected chi connectivity index (χ1v) is 6.47. The van der Waals surface area contributed by atoms with Gasteiger partial charge >= 0.3 is 0 Å². The summed E-state index contributed by atoms with van der Waals surface area (Å²) >= 11 is 0. The van der Waals surface area contributed by atoms with E-state index < -0.39 is 5.60 Å². The fraction of sp³-hybridized carbons (Fsp3) is 0.714. The lowest BCUT2D eigenvalue weighted by atomic mass is 9.64. The molecular formula is C14H22N2O2. The topological polar surface area (TPSA) is 55.2 Å². The Morgan fingerprint density at radius 2 is 1.94 bits per heavy atom. The third-order valence-corrected chi connectivity index (χ3v) is 4.13. The van der Waals surface area contributed by atoms with Gasteiger partial charge in [0.1, 0.15) is 11.3 Å². The molecule has 0 bridgehead atoms. The van der Waals surface area contributed by atoms with E-state index in [9.17, 15) is 5.11 Å². The van der Waals surface area contributed by atoms with Crippen LogP contribution in [0.4, 0.5) is 0 Å². The highest BCUT2D eigenvalue weighted by Crippen LogP contribution is 2.49. The summed E-state index contributed by atoms with van der Waals surface area (Å²) in [5.74, 6) is 0.582. The van der Waals surface area contributed by atoms with Crippen LogP contribution in [-0.4, -0.2) is 22.2 Å². The summed E-state index contributed by atoms with van der Waals surface area (Å²) in [6, 6.07) is 0. The molecule has 1 saturated carbocycles. The van der Waals surface area contributed by atoms with E-state index in [4.69, 9.17) is 4.74 Å². The van der Waals surface area contributed by atoms with Crippen molar-refractivity contribution in [3.63, 3.8) is 0 Å². The van der Waals surface area contributed by atoms with Gasteiger partial charge in [0.05, 0.1) is 7.11 Å². The van der Waals surface area contributed by atoms with Crippen molar-refractivity contribution in [1.82, 2.24) is 9.97 Å². The lowest BCUT2D eigenvalue weighted by Crippen LogP contribution is -2.42. The number of hydrogen-bond donors (Lipinski definition) is 1. The number of aromatic nitrogens is 2. The van der Waals surface area contributed by atoms with Crippen LogP contribution in [0.25, 0.3) is 0 Å². The van der Waals surface area contributed by atoms with Gasteiger partial charge in [-0.25, -0.2) is 4.98 Å². The summed E-state index contributed by atoms with van der Waals surface area (Å²) in [5, 5.41) is 11.0. The quantitative estimate of drug-likeness (QED) is 0.876. The molecule has 1 fully saturated rings. The van der Waals surface area contributed by atoms with Crippen LogP contribution in [0, 0.1) is 11.3 Å². The number of nitrogens with zero attached hydrogens (tertiary/aromatic N) is 2. The van der Waals surface area contributed by atoms with Crippen LogP contribution in [0.2, 0.25) is 0 Å². The van der Waals surface area contributed by atoms with Crippen LogP contribution in [0.1, 0.15) is 45.7 Å². The normalized spacial score (nSPS) is 31.1. The zero-order chi connectivity index (χ0) is 13.4. The molecule has 1 aliphatic carbocycles. The molecule has 1 aromatic rings. The predicted octanol–water partition coefficient (Wildman–Crippen LogP) is 2.52. The minimum Gasteiger partial charge on any atom is -0.480 e. The van der Waals surface area contributed by atoms with Gasteiger partial charge in [0.15, 0.2) is 0 Å². The molecule has 0 aliphatic heterocycles. The second kappa shape index (κ2) is 4.50. The van der Waals surface area contributed by atoms with E-state index in [1.807, 2.05) is 0 Å². The Labute approximate surface area is 108 Å². The lowest BCUT2D eigenvalue weighted by Gasteiger charge is -2.44. The van der Waals surface area contributed by atoms with Gasteiger partial charge in [0, 0.05) is 12.4 Å². The fourth-order valence-corrected chi connectivity index (χ4v) is 3.00. The molecule has 2 atom stereocenters. The first-order chi connectivity index (χ1) is 8.39. The van der Waals surface area contributed by atoms with E-state index in [-0.39, 0.29) is 11.3 Å². The zero-order valence-electron chi connectivity index (χ0n) is 11.6. The monoisotopic (exact) mass is 250 g/mol. The van der Waals surface area contributed by atoms with Crippen molar-refractivity contribution in [3.8, 4) is 5.88 Å². The maximum absolute atomic E-state index is 11.0.